The van der Waals surface area contributed by atoms with Crippen molar-refractivity contribution in [2.24, 2.45) is 0 Å². The number of aryl methyl sites for hydroxylation is 1. The molecular weight excluding hydrogens is 703 g/mol. The van der Waals surface area contributed by atoms with Crippen molar-refractivity contribution in [3.05, 3.63) is 70.8 Å². The molecule has 0 unspecified atom stereocenters. The molecule has 3 aromatic rings. The fourth-order valence-electron chi connectivity index (χ4n) is 6.42. The lowest BCUT2D eigenvalue weighted by molar-refractivity contribution is 0.477. The Morgan fingerprint density at radius 1 is 0.698 bits per heavy atom. The van der Waals surface area contributed by atoms with Crippen molar-refractivity contribution in [3.63, 3.8) is 0 Å². The van der Waals surface area contributed by atoms with E-state index in [1.54, 1.807) is 7.05 Å². The summed E-state index contributed by atoms with van der Waals surface area (Å²) >= 11 is 0. The van der Waals surface area contributed by atoms with Crippen LogP contribution in [-0.2, 0) is 20.0 Å². The molecule has 9 nitrogen and oxygen atoms in total. The zero-order valence-electron chi connectivity index (χ0n) is 34.3. The van der Waals surface area contributed by atoms with Crippen molar-refractivity contribution >= 4 is 48.5 Å². The van der Waals surface area contributed by atoms with Crippen LogP contribution in [0.4, 0.5) is 28.4 Å². The van der Waals surface area contributed by atoms with Crippen LogP contribution in [0.25, 0.3) is 0 Å². The van der Waals surface area contributed by atoms with Crippen LogP contribution in [0.2, 0.25) is 0 Å². The number of unbranched alkanes of at least 4 members (excludes halogenated alkanes) is 5. The maximum Gasteiger partial charge on any atom is 0.262 e. The summed E-state index contributed by atoms with van der Waals surface area (Å²) in [6, 6.07) is 16.0. The molecule has 0 amide bonds. The maximum absolute atomic E-state index is 14.3. The average molecular weight is 770 g/mol. The van der Waals surface area contributed by atoms with Gasteiger partial charge >= 0.3 is 0 Å². The second-order valence-electron chi connectivity index (χ2n) is 15.3. The number of hydrogen-bond acceptors (Lipinski definition) is 7. The van der Waals surface area contributed by atoms with Crippen molar-refractivity contribution in [2.45, 2.75) is 123 Å². The molecule has 3 N–H and O–H groups in total. The molecule has 0 spiro atoms. The van der Waals surface area contributed by atoms with Crippen LogP contribution in [-0.4, -0.2) is 60.6 Å². The van der Waals surface area contributed by atoms with E-state index in [4.69, 9.17) is 0 Å². The largest absolute Gasteiger partial charge is 0.383 e. The number of hydrogen-bond donors (Lipinski definition) is 3. The van der Waals surface area contributed by atoms with E-state index in [0.717, 1.165) is 70.9 Å². The number of sulfonamides is 2. The fourth-order valence-corrected chi connectivity index (χ4v) is 8.59. The van der Waals surface area contributed by atoms with Crippen LogP contribution in [0.1, 0.15) is 134 Å². The molecule has 0 radical (unpaired) electrons. The third kappa shape index (κ3) is 12.6. The molecule has 0 aliphatic carbocycles. The van der Waals surface area contributed by atoms with Gasteiger partial charge in [0, 0.05) is 44.6 Å². The lowest BCUT2D eigenvalue weighted by Gasteiger charge is -2.26. The summed E-state index contributed by atoms with van der Waals surface area (Å²) in [5, 5.41) is 7.21. The minimum Gasteiger partial charge on any atom is -0.383 e. The average Bonchev–Trinajstić information content (AvgIpc) is 3.08. The zero-order chi connectivity index (χ0) is 39.5. The molecule has 0 bridgehead atoms. The molecule has 0 saturated heterocycles. The minimum absolute atomic E-state index is 0.0340. The number of rotatable bonds is 22. The molecule has 0 aliphatic rings. The lowest BCUT2D eigenvalue weighted by atomic mass is 9.89. The highest BCUT2D eigenvalue weighted by molar-refractivity contribution is 7.92. The molecule has 0 aromatic heterocycles. The molecule has 3 rings (SSSR count). The van der Waals surface area contributed by atoms with Gasteiger partial charge in [0.25, 0.3) is 10.0 Å². The SMILES string of the molecule is CCCCCCCCNc1cc(NS(=O)(=O)c2c(C(C)C)cc(C(C)C)cc2C(C)C)ccc1Nc1ccc(N(CC)CCN(C)S(C)(=O)=O)cc1C. The van der Waals surface area contributed by atoms with E-state index in [0.29, 0.717) is 23.7 Å². The van der Waals surface area contributed by atoms with E-state index in [1.165, 1.54) is 36.2 Å². The van der Waals surface area contributed by atoms with Crippen LogP contribution in [0.15, 0.2) is 53.4 Å². The van der Waals surface area contributed by atoms with E-state index in [2.05, 4.69) is 101 Å². The Kier molecular flexibility index (Phi) is 16.5. The highest BCUT2D eigenvalue weighted by Crippen LogP contribution is 2.37. The van der Waals surface area contributed by atoms with E-state index >= 15 is 0 Å². The van der Waals surface area contributed by atoms with Crippen molar-refractivity contribution in [1.82, 2.24) is 4.31 Å². The topological polar surface area (TPSA) is 111 Å². The van der Waals surface area contributed by atoms with Gasteiger partial charge in [-0.3, -0.25) is 4.72 Å². The third-order valence-corrected chi connectivity index (χ3v) is 12.8. The number of benzene rings is 3. The smallest absolute Gasteiger partial charge is 0.262 e. The predicted molar refractivity (Wildman–Crippen MR) is 228 cm³/mol. The fraction of sp³-hybridized carbons (Fsp3) is 0.571. The Balaban J connectivity index is 1.95. The first kappa shape index (κ1) is 44.1. The molecule has 0 heterocycles. The van der Waals surface area contributed by atoms with Gasteiger partial charge in [-0.2, -0.15) is 0 Å². The molecule has 11 heteroatoms. The standard InChI is InChI=1S/C42H67N5O4S2/c1-12-14-15-16-17-18-23-43-41-29-35(45-53(50,51)42-37(31(5)6)27-34(30(3)4)28-38(42)32(7)8)19-21-40(41)44-39-22-20-36(26-33(39)9)47(13-2)25-24-46(10)52(11,48)49/h19-22,26-32,43-45H,12-18,23-25H2,1-11H3. The summed E-state index contributed by atoms with van der Waals surface area (Å²) in [6.45, 7) is 21.3. The van der Waals surface area contributed by atoms with Gasteiger partial charge in [-0.05, 0) is 96.7 Å². The Morgan fingerprint density at radius 3 is 1.85 bits per heavy atom. The highest BCUT2D eigenvalue weighted by atomic mass is 32.2. The summed E-state index contributed by atoms with van der Waals surface area (Å²) in [4.78, 5) is 2.55. The first-order chi connectivity index (χ1) is 24.9. The van der Waals surface area contributed by atoms with Crippen LogP contribution in [0, 0.1) is 6.92 Å². The van der Waals surface area contributed by atoms with Crippen molar-refractivity contribution in [3.8, 4) is 0 Å². The molecule has 296 valence electrons. The van der Waals surface area contributed by atoms with E-state index in [-0.39, 0.29) is 17.8 Å². The van der Waals surface area contributed by atoms with Gasteiger partial charge in [0.05, 0.1) is 28.2 Å². The quantitative estimate of drug-likeness (QED) is 0.0873. The van der Waals surface area contributed by atoms with Crippen LogP contribution in [0.3, 0.4) is 0 Å². The summed E-state index contributed by atoms with van der Waals surface area (Å²) < 4.78 is 56.8. The molecule has 0 fully saturated rings. The van der Waals surface area contributed by atoms with Gasteiger partial charge in [-0.15, -0.1) is 0 Å². The second-order valence-corrected chi connectivity index (χ2v) is 19.1. The summed E-state index contributed by atoms with van der Waals surface area (Å²) in [7, 11) is -5.56. The third-order valence-electron chi connectivity index (χ3n) is 9.94. The van der Waals surface area contributed by atoms with Crippen molar-refractivity contribution in [2.75, 3.05) is 59.7 Å². The van der Waals surface area contributed by atoms with Crippen molar-refractivity contribution < 1.29 is 16.8 Å². The molecule has 53 heavy (non-hydrogen) atoms. The molecular formula is C42H67N5O4S2. The van der Waals surface area contributed by atoms with Gasteiger partial charge in [0.1, 0.15) is 0 Å². The van der Waals surface area contributed by atoms with Crippen LogP contribution >= 0.6 is 0 Å². The Bertz CT molecular complexity index is 1830. The lowest BCUT2D eigenvalue weighted by Crippen LogP contribution is -2.35. The zero-order valence-corrected chi connectivity index (χ0v) is 35.9. The molecule has 0 atom stereocenters. The first-order valence-electron chi connectivity index (χ1n) is 19.5. The Labute approximate surface area is 322 Å². The number of anilines is 5. The Morgan fingerprint density at radius 2 is 1.30 bits per heavy atom. The van der Waals surface area contributed by atoms with E-state index in [9.17, 15) is 16.8 Å². The van der Waals surface area contributed by atoms with Gasteiger partial charge in [0.2, 0.25) is 10.0 Å². The van der Waals surface area contributed by atoms with Gasteiger partial charge in [-0.25, -0.2) is 21.1 Å². The van der Waals surface area contributed by atoms with Crippen molar-refractivity contribution in [1.29, 1.82) is 0 Å². The minimum atomic E-state index is -3.91. The first-order valence-corrected chi connectivity index (χ1v) is 22.8. The summed E-state index contributed by atoms with van der Waals surface area (Å²) in [5.41, 5.74) is 8.00. The second kappa shape index (κ2) is 19.9. The molecule has 0 aliphatic heterocycles. The van der Waals surface area contributed by atoms with Gasteiger partial charge < -0.3 is 15.5 Å². The van der Waals surface area contributed by atoms with E-state index in [1.807, 2.05) is 30.3 Å². The normalized spacial score (nSPS) is 12.3. The maximum atomic E-state index is 14.3. The number of nitrogens with zero attached hydrogens (tertiary/aromatic N) is 2. The molecule has 3 aromatic carbocycles. The molecule has 0 saturated carbocycles. The van der Waals surface area contributed by atoms with Crippen LogP contribution in [0.5, 0.6) is 0 Å². The predicted octanol–water partition coefficient (Wildman–Crippen LogP) is 10.4. The van der Waals surface area contributed by atoms with Gasteiger partial charge in [0.15, 0.2) is 0 Å². The summed E-state index contributed by atoms with van der Waals surface area (Å²) in [6.07, 6.45) is 8.30. The van der Waals surface area contributed by atoms with Crippen LogP contribution < -0.4 is 20.3 Å². The van der Waals surface area contributed by atoms with E-state index < -0.39 is 20.0 Å². The number of likely N-dealkylation sites (N-methyl/N-ethyl adjacent to an activating group) is 2. The Hall–Kier alpha value is -3.28. The number of nitrogens with one attached hydrogen (secondary N) is 3. The van der Waals surface area contributed by atoms with Gasteiger partial charge in [-0.1, -0.05) is 92.7 Å². The summed E-state index contributed by atoms with van der Waals surface area (Å²) in [5.74, 6) is 0.355. The highest BCUT2D eigenvalue weighted by Gasteiger charge is 2.27. The monoisotopic (exact) mass is 769 g/mol.